The minimum absolute atomic E-state index is 0.0364. The van der Waals surface area contributed by atoms with E-state index >= 15 is 0 Å². The fourth-order valence-electron chi connectivity index (χ4n) is 2.17. The van der Waals surface area contributed by atoms with Crippen molar-refractivity contribution in [1.82, 2.24) is 5.32 Å². The third-order valence-corrected chi connectivity index (χ3v) is 4.83. The number of anilines is 1. The zero-order chi connectivity index (χ0) is 17.3. The van der Waals surface area contributed by atoms with Crippen molar-refractivity contribution in [2.24, 2.45) is 0 Å². The Morgan fingerprint density at radius 3 is 2.39 bits per heavy atom. The summed E-state index contributed by atoms with van der Waals surface area (Å²) in [4.78, 5) is 11.7. The van der Waals surface area contributed by atoms with Crippen LogP contribution in [0.15, 0.2) is 24.3 Å². The van der Waals surface area contributed by atoms with E-state index in [4.69, 9.17) is 11.6 Å². The molecule has 0 aromatic heterocycles. The lowest BCUT2D eigenvalue weighted by atomic mass is 10.2. The van der Waals surface area contributed by atoms with Crippen LogP contribution in [0.4, 0.5) is 5.69 Å². The number of nitrogens with one attached hydrogen (secondary N) is 1. The van der Waals surface area contributed by atoms with Crippen molar-refractivity contribution in [3.8, 4) is 0 Å². The van der Waals surface area contributed by atoms with Gasteiger partial charge in [0.2, 0.25) is 15.9 Å². The summed E-state index contributed by atoms with van der Waals surface area (Å²) in [7, 11) is -3.39. The lowest BCUT2D eigenvalue weighted by Gasteiger charge is -2.22. The van der Waals surface area contributed by atoms with Crippen LogP contribution in [0.2, 0.25) is 5.02 Å². The molecule has 1 rings (SSSR count). The van der Waals surface area contributed by atoms with Gasteiger partial charge in [-0.2, -0.15) is 0 Å². The SMILES string of the molecule is CCCCCNC(=O)CCCN(c1ccc(Cl)cc1)S(C)(=O)=O. The minimum Gasteiger partial charge on any atom is -0.356 e. The molecule has 0 atom stereocenters. The zero-order valence-electron chi connectivity index (χ0n) is 13.7. The van der Waals surface area contributed by atoms with Crippen LogP contribution < -0.4 is 9.62 Å². The van der Waals surface area contributed by atoms with Crippen molar-refractivity contribution in [3.63, 3.8) is 0 Å². The first-order valence-corrected chi connectivity index (χ1v) is 10.1. The number of sulfonamides is 1. The summed E-state index contributed by atoms with van der Waals surface area (Å²) in [5, 5.41) is 3.40. The van der Waals surface area contributed by atoms with E-state index in [2.05, 4.69) is 12.2 Å². The molecule has 1 N–H and O–H groups in total. The Balaban J connectivity index is 2.50. The van der Waals surface area contributed by atoms with Gasteiger partial charge in [-0.3, -0.25) is 9.10 Å². The van der Waals surface area contributed by atoms with Gasteiger partial charge in [0.25, 0.3) is 0 Å². The molecule has 0 spiro atoms. The number of halogens is 1. The molecule has 0 unspecified atom stereocenters. The summed E-state index contributed by atoms with van der Waals surface area (Å²) < 4.78 is 25.2. The molecular formula is C16H25ClN2O3S. The predicted octanol–water partition coefficient (Wildman–Crippen LogP) is 3.19. The fraction of sp³-hybridized carbons (Fsp3) is 0.562. The number of amides is 1. The average Bonchev–Trinajstić information content (AvgIpc) is 2.48. The molecule has 1 amide bonds. The van der Waals surface area contributed by atoms with Crippen LogP contribution >= 0.6 is 11.6 Å². The summed E-state index contributed by atoms with van der Waals surface area (Å²) in [5.74, 6) is -0.0364. The van der Waals surface area contributed by atoms with Crippen LogP contribution in [0.5, 0.6) is 0 Å². The second kappa shape index (κ2) is 9.78. The first-order chi connectivity index (χ1) is 10.8. The molecule has 1 aromatic carbocycles. The lowest BCUT2D eigenvalue weighted by Crippen LogP contribution is -2.32. The molecule has 0 aliphatic rings. The molecule has 1 aromatic rings. The molecule has 0 bridgehead atoms. The number of unbranched alkanes of at least 4 members (excludes halogenated alkanes) is 2. The van der Waals surface area contributed by atoms with E-state index < -0.39 is 10.0 Å². The molecule has 23 heavy (non-hydrogen) atoms. The topological polar surface area (TPSA) is 66.5 Å². The highest BCUT2D eigenvalue weighted by Crippen LogP contribution is 2.20. The highest BCUT2D eigenvalue weighted by atomic mass is 35.5. The summed E-state index contributed by atoms with van der Waals surface area (Å²) in [6.07, 6.45) is 5.12. The van der Waals surface area contributed by atoms with Crippen molar-refractivity contribution >= 4 is 33.2 Å². The highest BCUT2D eigenvalue weighted by molar-refractivity contribution is 7.92. The van der Waals surface area contributed by atoms with Gasteiger partial charge in [-0.05, 0) is 37.1 Å². The quantitative estimate of drug-likeness (QED) is 0.651. The van der Waals surface area contributed by atoms with E-state index in [1.165, 1.54) is 4.31 Å². The van der Waals surface area contributed by atoms with Crippen LogP contribution in [-0.2, 0) is 14.8 Å². The van der Waals surface area contributed by atoms with Gasteiger partial charge in [0, 0.05) is 24.5 Å². The summed E-state index contributed by atoms with van der Waals surface area (Å²) in [6, 6.07) is 6.62. The maximum atomic E-state index is 11.9. The van der Waals surface area contributed by atoms with Gasteiger partial charge < -0.3 is 5.32 Å². The predicted molar refractivity (Wildman–Crippen MR) is 95.4 cm³/mol. The highest BCUT2D eigenvalue weighted by Gasteiger charge is 2.17. The zero-order valence-corrected chi connectivity index (χ0v) is 15.3. The van der Waals surface area contributed by atoms with Crippen LogP contribution in [0.1, 0.15) is 39.0 Å². The number of carbonyl (C=O) groups excluding carboxylic acids is 1. The van der Waals surface area contributed by atoms with Gasteiger partial charge in [-0.25, -0.2) is 8.42 Å². The normalized spacial score (nSPS) is 11.3. The van der Waals surface area contributed by atoms with E-state index in [0.717, 1.165) is 25.5 Å². The molecule has 7 heteroatoms. The molecule has 0 aliphatic carbocycles. The van der Waals surface area contributed by atoms with Gasteiger partial charge in [0.05, 0.1) is 11.9 Å². The molecule has 0 aliphatic heterocycles. The van der Waals surface area contributed by atoms with Crippen LogP contribution in [0.25, 0.3) is 0 Å². The first-order valence-electron chi connectivity index (χ1n) is 7.84. The maximum absolute atomic E-state index is 11.9. The van der Waals surface area contributed by atoms with Crippen molar-refractivity contribution < 1.29 is 13.2 Å². The standard InChI is InChI=1S/C16H25ClN2O3S/c1-3-4-5-12-18-16(20)7-6-13-19(23(2,21)22)15-10-8-14(17)9-11-15/h8-11H,3-7,12-13H2,1-2H3,(H,18,20). The van der Waals surface area contributed by atoms with Crippen LogP contribution in [-0.4, -0.2) is 33.7 Å². The van der Waals surface area contributed by atoms with Crippen molar-refractivity contribution in [1.29, 1.82) is 0 Å². The third-order valence-electron chi connectivity index (χ3n) is 3.38. The van der Waals surface area contributed by atoms with Crippen LogP contribution in [0, 0.1) is 0 Å². The summed E-state index contributed by atoms with van der Waals surface area (Å²) in [6.45, 7) is 3.06. The van der Waals surface area contributed by atoms with Crippen molar-refractivity contribution in [3.05, 3.63) is 29.3 Å². The number of carbonyl (C=O) groups is 1. The number of hydrogen-bond donors (Lipinski definition) is 1. The molecule has 0 radical (unpaired) electrons. The van der Waals surface area contributed by atoms with E-state index in [-0.39, 0.29) is 12.5 Å². The summed E-state index contributed by atoms with van der Waals surface area (Å²) in [5.41, 5.74) is 0.556. The van der Waals surface area contributed by atoms with E-state index in [1.807, 2.05) is 0 Å². The van der Waals surface area contributed by atoms with Gasteiger partial charge in [0.1, 0.15) is 0 Å². The van der Waals surface area contributed by atoms with Crippen molar-refractivity contribution in [2.45, 2.75) is 39.0 Å². The maximum Gasteiger partial charge on any atom is 0.232 e. The molecule has 0 heterocycles. The first kappa shape index (κ1) is 19.8. The molecule has 130 valence electrons. The smallest absolute Gasteiger partial charge is 0.232 e. The Morgan fingerprint density at radius 1 is 1.17 bits per heavy atom. The van der Waals surface area contributed by atoms with Gasteiger partial charge in [-0.15, -0.1) is 0 Å². The van der Waals surface area contributed by atoms with Crippen molar-refractivity contribution in [2.75, 3.05) is 23.7 Å². The molecule has 0 saturated heterocycles. The largest absolute Gasteiger partial charge is 0.356 e. The number of nitrogens with zero attached hydrogens (tertiary/aromatic N) is 1. The number of hydrogen-bond acceptors (Lipinski definition) is 3. The van der Waals surface area contributed by atoms with E-state index in [9.17, 15) is 13.2 Å². The average molecular weight is 361 g/mol. The summed E-state index contributed by atoms with van der Waals surface area (Å²) >= 11 is 5.83. The van der Waals surface area contributed by atoms with Gasteiger partial charge in [0.15, 0.2) is 0 Å². The Kier molecular flexibility index (Phi) is 8.41. The number of benzene rings is 1. The second-order valence-electron chi connectivity index (χ2n) is 5.47. The molecular weight excluding hydrogens is 336 g/mol. The monoisotopic (exact) mass is 360 g/mol. The Bertz CT molecular complexity index is 588. The lowest BCUT2D eigenvalue weighted by molar-refractivity contribution is -0.121. The third kappa shape index (κ3) is 7.70. The Hall–Kier alpha value is -1.27. The molecule has 5 nitrogen and oxygen atoms in total. The molecule has 0 fully saturated rings. The Labute approximate surface area is 144 Å². The van der Waals surface area contributed by atoms with Crippen LogP contribution in [0.3, 0.4) is 0 Å². The second-order valence-corrected chi connectivity index (χ2v) is 7.82. The van der Waals surface area contributed by atoms with E-state index in [0.29, 0.717) is 30.1 Å². The molecule has 0 saturated carbocycles. The fourth-order valence-corrected chi connectivity index (χ4v) is 3.26. The Morgan fingerprint density at radius 2 is 1.83 bits per heavy atom. The van der Waals surface area contributed by atoms with Gasteiger partial charge in [-0.1, -0.05) is 31.4 Å². The van der Waals surface area contributed by atoms with Gasteiger partial charge >= 0.3 is 0 Å². The minimum atomic E-state index is -3.39. The number of rotatable bonds is 10. The van der Waals surface area contributed by atoms with E-state index in [1.54, 1.807) is 24.3 Å².